The van der Waals surface area contributed by atoms with Gasteiger partial charge in [-0.05, 0) is 39.0 Å². The predicted molar refractivity (Wildman–Crippen MR) is 81.4 cm³/mol. The fourth-order valence-corrected chi connectivity index (χ4v) is 3.63. The Morgan fingerprint density at radius 3 is 3.00 bits per heavy atom. The molecule has 0 spiro atoms. The second-order valence-corrected chi connectivity index (χ2v) is 6.32. The van der Waals surface area contributed by atoms with Crippen LogP contribution in [0.3, 0.4) is 0 Å². The average Bonchev–Trinajstić information content (AvgIpc) is 3.01. The SMILES string of the molecule is O=C(NCc1sccc1Br)[C@@H]1Cc2ccccc2N1. The van der Waals surface area contributed by atoms with Crippen LogP contribution in [0, 0.1) is 0 Å². The number of amides is 1. The van der Waals surface area contributed by atoms with Crippen LogP contribution in [0.25, 0.3) is 0 Å². The molecule has 2 aromatic rings. The fraction of sp³-hybridized carbons (Fsp3) is 0.214. The highest BCUT2D eigenvalue weighted by atomic mass is 79.9. The number of hydrogen-bond donors (Lipinski definition) is 2. The number of hydrogen-bond acceptors (Lipinski definition) is 3. The minimum absolute atomic E-state index is 0.0523. The van der Waals surface area contributed by atoms with Gasteiger partial charge < -0.3 is 10.6 Å². The number of thiophene rings is 1. The minimum Gasteiger partial charge on any atom is -0.373 e. The molecular weight excluding hydrogens is 324 g/mol. The van der Waals surface area contributed by atoms with Crippen LogP contribution >= 0.6 is 27.3 Å². The molecule has 0 fully saturated rings. The van der Waals surface area contributed by atoms with Gasteiger partial charge >= 0.3 is 0 Å². The topological polar surface area (TPSA) is 41.1 Å². The number of halogens is 1. The predicted octanol–water partition coefficient (Wildman–Crippen LogP) is 3.16. The van der Waals surface area contributed by atoms with E-state index in [0.29, 0.717) is 6.54 Å². The van der Waals surface area contributed by atoms with E-state index in [1.807, 2.05) is 29.6 Å². The van der Waals surface area contributed by atoms with Gasteiger partial charge in [-0.3, -0.25) is 4.79 Å². The zero-order valence-electron chi connectivity index (χ0n) is 10.2. The van der Waals surface area contributed by atoms with Crippen molar-refractivity contribution in [3.8, 4) is 0 Å². The highest BCUT2D eigenvalue weighted by Gasteiger charge is 2.26. The molecule has 0 saturated carbocycles. The van der Waals surface area contributed by atoms with E-state index < -0.39 is 0 Å². The molecule has 1 aromatic carbocycles. The molecule has 0 saturated heterocycles. The lowest BCUT2D eigenvalue weighted by Crippen LogP contribution is -2.37. The van der Waals surface area contributed by atoms with Crippen molar-refractivity contribution < 1.29 is 4.79 Å². The zero-order chi connectivity index (χ0) is 13.2. The standard InChI is InChI=1S/C14H13BrN2OS/c15-10-5-6-19-13(10)8-16-14(18)12-7-9-3-1-2-4-11(9)17-12/h1-6,12,17H,7-8H2,(H,16,18)/t12-/m0/s1. The van der Waals surface area contributed by atoms with Crippen molar-refractivity contribution in [2.75, 3.05) is 5.32 Å². The van der Waals surface area contributed by atoms with Crippen LogP contribution in [0.4, 0.5) is 5.69 Å². The molecule has 3 rings (SSSR count). The van der Waals surface area contributed by atoms with Crippen molar-refractivity contribution in [1.29, 1.82) is 0 Å². The van der Waals surface area contributed by atoms with E-state index in [0.717, 1.165) is 21.5 Å². The van der Waals surface area contributed by atoms with Gasteiger partial charge in [0.2, 0.25) is 5.91 Å². The van der Waals surface area contributed by atoms with Crippen LogP contribution < -0.4 is 10.6 Å². The Labute approximate surface area is 124 Å². The lowest BCUT2D eigenvalue weighted by atomic mass is 10.1. The van der Waals surface area contributed by atoms with Gasteiger partial charge in [0.1, 0.15) is 6.04 Å². The molecule has 1 aliphatic rings. The molecule has 5 heteroatoms. The van der Waals surface area contributed by atoms with E-state index in [2.05, 4.69) is 32.6 Å². The number of anilines is 1. The third-order valence-corrected chi connectivity index (χ3v) is 5.13. The number of rotatable bonds is 3. The third-order valence-electron chi connectivity index (χ3n) is 3.20. The van der Waals surface area contributed by atoms with Crippen LogP contribution in [0.1, 0.15) is 10.4 Å². The molecule has 1 atom stereocenters. The molecule has 2 heterocycles. The summed E-state index contributed by atoms with van der Waals surface area (Å²) in [6.45, 7) is 0.575. The molecule has 0 radical (unpaired) electrons. The summed E-state index contributed by atoms with van der Waals surface area (Å²) in [5, 5.41) is 8.25. The first kappa shape index (κ1) is 12.7. The van der Waals surface area contributed by atoms with Gasteiger partial charge in [0.05, 0.1) is 6.54 Å². The van der Waals surface area contributed by atoms with E-state index in [9.17, 15) is 4.79 Å². The normalized spacial score (nSPS) is 16.8. The highest BCUT2D eigenvalue weighted by molar-refractivity contribution is 9.10. The molecule has 0 aliphatic carbocycles. The summed E-state index contributed by atoms with van der Waals surface area (Å²) in [5.74, 6) is 0.0523. The van der Waals surface area contributed by atoms with E-state index in [1.165, 1.54) is 5.56 Å². The van der Waals surface area contributed by atoms with Gasteiger partial charge in [-0.25, -0.2) is 0 Å². The lowest BCUT2D eigenvalue weighted by Gasteiger charge is -2.11. The molecular formula is C14H13BrN2OS. The van der Waals surface area contributed by atoms with Crippen molar-refractivity contribution in [3.05, 3.63) is 50.6 Å². The zero-order valence-corrected chi connectivity index (χ0v) is 12.6. The molecule has 1 amide bonds. The van der Waals surface area contributed by atoms with Crippen molar-refractivity contribution in [3.63, 3.8) is 0 Å². The van der Waals surface area contributed by atoms with Gasteiger partial charge in [0, 0.05) is 21.5 Å². The summed E-state index contributed by atoms with van der Waals surface area (Å²) in [6, 6.07) is 9.90. The highest BCUT2D eigenvalue weighted by Crippen LogP contribution is 2.26. The molecule has 2 N–H and O–H groups in total. The number of carbonyl (C=O) groups excluding carboxylic acids is 1. The van der Waals surface area contributed by atoms with Crippen LogP contribution in [0.2, 0.25) is 0 Å². The van der Waals surface area contributed by atoms with Crippen molar-refractivity contribution in [2.24, 2.45) is 0 Å². The first-order valence-corrected chi connectivity index (χ1v) is 7.75. The number of fused-ring (bicyclic) bond motifs is 1. The number of para-hydroxylation sites is 1. The van der Waals surface area contributed by atoms with Gasteiger partial charge in [-0.2, -0.15) is 0 Å². The molecule has 3 nitrogen and oxygen atoms in total. The summed E-state index contributed by atoms with van der Waals surface area (Å²) in [5.41, 5.74) is 2.28. The Morgan fingerprint density at radius 2 is 2.26 bits per heavy atom. The first-order valence-electron chi connectivity index (χ1n) is 6.08. The van der Waals surface area contributed by atoms with Gasteiger partial charge in [0.15, 0.2) is 0 Å². The van der Waals surface area contributed by atoms with Gasteiger partial charge in [-0.1, -0.05) is 18.2 Å². The van der Waals surface area contributed by atoms with Gasteiger partial charge in [0.25, 0.3) is 0 Å². The third kappa shape index (κ3) is 2.67. The van der Waals surface area contributed by atoms with Crippen LogP contribution in [-0.4, -0.2) is 11.9 Å². The van der Waals surface area contributed by atoms with E-state index in [4.69, 9.17) is 0 Å². The smallest absolute Gasteiger partial charge is 0.243 e. The quantitative estimate of drug-likeness (QED) is 0.903. The Bertz CT molecular complexity index is 586. The summed E-state index contributed by atoms with van der Waals surface area (Å²) in [6.07, 6.45) is 0.758. The Hall–Kier alpha value is -1.33. The maximum Gasteiger partial charge on any atom is 0.243 e. The van der Waals surface area contributed by atoms with E-state index in [-0.39, 0.29) is 11.9 Å². The Kier molecular flexibility index (Phi) is 3.57. The van der Waals surface area contributed by atoms with E-state index >= 15 is 0 Å². The summed E-state index contributed by atoms with van der Waals surface area (Å²) in [4.78, 5) is 13.3. The maximum absolute atomic E-state index is 12.1. The minimum atomic E-state index is -0.156. The maximum atomic E-state index is 12.1. The molecule has 1 aromatic heterocycles. The second-order valence-electron chi connectivity index (χ2n) is 4.47. The summed E-state index contributed by atoms with van der Waals surface area (Å²) < 4.78 is 1.06. The van der Waals surface area contributed by atoms with E-state index in [1.54, 1.807) is 11.3 Å². The van der Waals surface area contributed by atoms with Crippen LogP contribution in [0.15, 0.2) is 40.2 Å². The number of benzene rings is 1. The molecule has 19 heavy (non-hydrogen) atoms. The summed E-state index contributed by atoms with van der Waals surface area (Å²) in [7, 11) is 0. The van der Waals surface area contributed by atoms with Crippen LogP contribution in [-0.2, 0) is 17.8 Å². The first-order chi connectivity index (χ1) is 9.24. The molecule has 98 valence electrons. The molecule has 0 bridgehead atoms. The van der Waals surface area contributed by atoms with Crippen molar-refractivity contribution in [1.82, 2.24) is 5.32 Å². The fourth-order valence-electron chi connectivity index (χ4n) is 2.20. The lowest BCUT2D eigenvalue weighted by molar-refractivity contribution is -0.121. The monoisotopic (exact) mass is 336 g/mol. The second kappa shape index (κ2) is 5.35. The number of nitrogens with one attached hydrogen (secondary N) is 2. The van der Waals surface area contributed by atoms with Crippen molar-refractivity contribution in [2.45, 2.75) is 19.0 Å². The van der Waals surface area contributed by atoms with Crippen molar-refractivity contribution >= 4 is 38.9 Å². The van der Waals surface area contributed by atoms with Gasteiger partial charge in [-0.15, -0.1) is 11.3 Å². The number of carbonyl (C=O) groups is 1. The summed E-state index contributed by atoms with van der Waals surface area (Å²) >= 11 is 5.11. The average molecular weight is 337 g/mol. The largest absolute Gasteiger partial charge is 0.373 e. The Morgan fingerprint density at radius 1 is 1.42 bits per heavy atom. The van der Waals surface area contributed by atoms with Crippen LogP contribution in [0.5, 0.6) is 0 Å². The molecule has 1 aliphatic heterocycles. The Balaban J connectivity index is 1.60. The molecule has 0 unspecified atom stereocenters.